The molecule has 0 aliphatic rings. The summed E-state index contributed by atoms with van der Waals surface area (Å²) in [4.78, 5) is 21.0. The largest absolute Gasteiger partial charge is 0.309 e. The Morgan fingerprint density at radius 3 is 2.68 bits per heavy atom. The lowest BCUT2D eigenvalue weighted by atomic mass is 10.2. The van der Waals surface area contributed by atoms with Crippen molar-refractivity contribution in [1.82, 2.24) is 9.88 Å². The Hall–Kier alpha value is -2.28. The zero-order chi connectivity index (χ0) is 20.1. The molecule has 0 radical (unpaired) electrons. The molecule has 0 unspecified atom stereocenters. The number of carbonyl (C=O) groups excluding carboxylic acids is 1. The lowest BCUT2D eigenvalue weighted by molar-refractivity contribution is -0.114. The molecule has 146 valence electrons. The first-order chi connectivity index (χ1) is 13.5. The van der Waals surface area contributed by atoms with Crippen molar-refractivity contribution < 1.29 is 9.18 Å². The molecule has 0 fully saturated rings. The average molecular weight is 418 g/mol. The molecule has 0 aliphatic heterocycles. The van der Waals surface area contributed by atoms with Crippen molar-refractivity contribution in [2.45, 2.75) is 6.42 Å². The van der Waals surface area contributed by atoms with E-state index in [2.05, 4.69) is 9.88 Å². The topological polar surface area (TPSA) is 36.4 Å². The van der Waals surface area contributed by atoms with Crippen LogP contribution in [0.1, 0.15) is 12.0 Å². The first-order valence-electron chi connectivity index (χ1n) is 8.89. The molecule has 0 aliphatic carbocycles. The van der Waals surface area contributed by atoms with Gasteiger partial charge in [0, 0.05) is 17.6 Å². The van der Waals surface area contributed by atoms with Crippen molar-refractivity contribution in [3.05, 3.63) is 64.9 Å². The van der Waals surface area contributed by atoms with Gasteiger partial charge in [-0.3, -0.25) is 9.69 Å². The maximum Gasteiger partial charge on any atom is 0.252 e. The van der Waals surface area contributed by atoms with Crippen LogP contribution in [-0.2, 0) is 4.79 Å². The van der Waals surface area contributed by atoms with Crippen LogP contribution in [0.25, 0.3) is 16.3 Å². The van der Waals surface area contributed by atoms with Crippen LogP contribution in [0, 0.1) is 5.82 Å². The van der Waals surface area contributed by atoms with Gasteiger partial charge in [-0.05, 0) is 56.9 Å². The Balaban J connectivity index is 1.88. The summed E-state index contributed by atoms with van der Waals surface area (Å²) in [6, 6.07) is 12.1. The highest BCUT2D eigenvalue weighted by Gasteiger charge is 2.19. The lowest BCUT2D eigenvalue weighted by Gasteiger charge is -2.19. The van der Waals surface area contributed by atoms with Gasteiger partial charge in [-0.15, -0.1) is 0 Å². The number of fused-ring (bicyclic) bond motifs is 1. The number of aromatic nitrogens is 1. The molecule has 1 aromatic heterocycles. The van der Waals surface area contributed by atoms with Crippen LogP contribution >= 0.6 is 22.9 Å². The van der Waals surface area contributed by atoms with Gasteiger partial charge in [0.15, 0.2) is 5.13 Å². The highest BCUT2D eigenvalue weighted by atomic mass is 35.5. The number of carbonyl (C=O) groups is 1. The zero-order valence-electron chi connectivity index (χ0n) is 15.7. The normalized spacial score (nSPS) is 11.6. The number of para-hydroxylation sites is 1. The summed E-state index contributed by atoms with van der Waals surface area (Å²) < 4.78 is 14.8. The van der Waals surface area contributed by atoms with Crippen molar-refractivity contribution in [2.75, 3.05) is 32.1 Å². The third-order valence-electron chi connectivity index (χ3n) is 4.15. The molecule has 0 N–H and O–H groups in total. The molecule has 0 saturated heterocycles. The van der Waals surface area contributed by atoms with E-state index in [1.807, 2.05) is 38.4 Å². The first-order valence-corrected chi connectivity index (χ1v) is 10.1. The summed E-state index contributed by atoms with van der Waals surface area (Å²) in [5, 5.41) is 1.07. The molecule has 0 atom stereocenters. The van der Waals surface area contributed by atoms with E-state index in [0.29, 0.717) is 22.2 Å². The van der Waals surface area contributed by atoms with Crippen LogP contribution in [0.5, 0.6) is 0 Å². The van der Waals surface area contributed by atoms with E-state index in [0.717, 1.165) is 23.2 Å². The number of hydrogen-bond acceptors (Lipinski definition) is 4. The van der Waals surface area contributed by atoms with E-state index >= 15 is 0 Å². The maximum absolute atomic E-state index is 14.0. The van der Waals surface area contributed by atoms with Gasteiger partial charge in [-0.1, -0.05) is 47.2 Å². The van der Waals surface area contributed by atoms with Crippen LogP contribution in [0.15, 0.2) is 48.5 Å². The number of amides is 1. The molecule has 1 heterocycles. The van der Waals surface area contributed by atoms with E-state index in [4.69, 9.17) is 11.6 Å². The number of thiazole rings is 1. The highest BCUT2D eigenvalue weighted by Crippen LogP contribution is 2.30. The molecule has 7 heteroatoms. The van der Waals surface area contributed by atoms with Gasteiger partial charge in [0.25, 0.3) is 5.91 Å². The molecule has 0 bridgehead atoms. The number of rotatable bonds is 7. The van der Waals surface area contributed by atoms with Crippen molar-refractivity contribution in [3.63, 3.8) is 0 Å². The Morgan fingerprint density at radius 1 is 1.18 bits per heavy atom. The first kappa shape index (κ1) is 20.5. The third kappa shape index (κ3) is 4.95. The van der Waals surface area contributed by atoms with Gasteiger partial charge in [-0.2, -0.15) is 0 Å². The quantitative estimate of drug-likeness (QED) is 0.502. The second-order valence-corrected chi connectivity index (χ2v) is 8.00. The van der Waals surface area contributed by atoms with Crippen molar-refractivity contribution >= 4 is 50.3 Å². The molecular weight excluding hydrogens is 397 g/mol. The van der Waals surface area contributed by atoms with Crippen LogP contribution in [0.3, 0.4) is 0 Å². The third-order valence-corrected chi connectivity index (χ3v) is 5.54. The maximum atomic E-state index is 14.0. The van der Waals surface area contributed by atoms with Crippen LogP contribution < -0.4 is 4.90 Å². The van der Waals surface area contributed by atoms with E-state index in [-0.39, 0.29) is 11.7 Å². The highest BCUT2D eigenvalue weighted by molar-refractivity contribution is 7.22. The smallest absolute Gasteiger partial charge is 0.252 e. The van der Waals surface area contributed by atoms with Gasteiger partial charge in [0.2, 0.25) is 0 Å². The van der Waals surface area contributed by atoms with Crippen LogP contribution in [-0.4, -0.2) is 43.0 Å². The fraction of sp³-hybridized carbons (Fsp3) is 0.238. The van der Waals surface area contributed by atoms with E-state index in [1.165, 1.54) is 23.5 Å². The van der Waals surface area contributed by atoms with E-state index < -0.39 is 0 Å². The molecule has 4 nitrogen and oxygen atoms in total. The van der Waals surface area contributed by atoms with Crippen molar-refractivity contribution in [3.8, 4) is 0 Å². The summed E-state index contributed by atoms with van der Waals surface area (Å²) in [5.41, 5.74) is 1.06. The number of hydrogen-bond donors (Lipinski definition) is 0. The predicted molar refractivity (Wildman–Crippen MR) is 116 cm³/mol. The second-order valence-electron chi connectivity index (χ2n) is 6.58. The molecule has 2 aromatic carbocycles. The number of benzene rings is 2. The van der Waals surface area contributed by atoms with Gasteiger partial charge < -0.3 is 4.90 Å². The van der Waals surface area contributed by atoms with E-state index in [9.17, 15) is 9.18 Å². The van der Waals surface area contributed by atoms with Crippen molar-refractivity contribution in [1.29, 1.82) is 0 Å². The summed E-state index contributed by atoms with van der Waals surface area (Å²) >= 11 is 7.47. The fourth-order valence-electron chi connectivity index (χ4n) is 2.73. The molecule has 28 heavy (non-hydrogen) atoms. The van der Waals surface area contributed by atoms with Gasteiger partial charge in [0.1, 0.15) is 11.3 Å². The van der Waals surface area contributed by atoms with Gasteiger partial charge in [0.05, 0.1) is 4.70 Å². The Morgan fingerprint density at radius 2 is 1.96 bits per heavy atom. The van der Waals surface area contributed by atoms with Crippen LogP contribution in [0.4, 0.5) is 9.52 Å². The SMILES string of the molecule is CN(C)CCCN(C(=O)/C=C/c1ccccc1Cl)c1nc2c(F)cccc2s1. The summed E-state index contributed by atoms with van der Waals surface area (Å²) in [6.07, 6.45) is 3.95. The Labute approximate surface area is 172 Å². The average Bonchev–Trinajstić information content (AvgIpc) is 3.09. The lowest BCUT2D eigenvalue weighted by Crippen LogP contribution is -2.32. The van der Waals surface area contributed by atoms with Gasteiger partial charge in [-0.25, -0.2) is 9.37 Å². The summed E-state index contributed by atoms with van der Waals surface area (Å²) in [7, 11) is 3.97. The Bertz CT molecular complexity index is 1000. The van der Waals surface area contributed by atoms with Crippen molar-refractivity contribution in [2.24, 2.45) is 0 Å². The number of halogens is 2. The molecular formula is C21H21ClFN3OS. The minimum Gasteiger partial charge on any atom is -0.309 e. The molecule has 1 amide bonds. The van der Waals surface area contributed by atoms with Gasteiger partial charge >= 0.3 is 0 Å². The number of anilines is 1. The monoisotopic (exact) mass is 417 g/mol. The summed E-state index contributed by atoms with van der Waals surface area (Å²) in [6.45, 7) is 1.32. The van der Waals surface area contributed by atoms with Crippen LogP contribution in [0.2, 0.25) is 5.02 Å². The predicted octanol–water partition coefficient (Wildman–Crippen LogP) is 5.09. The fourth-order valence-corrected chi connectivity index (χ4v) is 3.94. The second kappa shape index (κ2) is 9.28. The minimum absolute atomic E-state index is 0.210. The molecule has 3 rings (SSSR count). The Kier molecular flexibility index (Phi) is 6.78. The molecule has 0 spiro atoms. The summed E-state index contributed by atoms with van der Waals surface area (Å²) in [5.74, 6) is -0.592. The molecule has 0 saturated carbocycles. The minimum atomic E-state index is -0.382. The standard InChI is InChI=1S/C21H21ClFN3OS/c1-25(2)13-6-14-26(19(27)12-11-15-7-3-4-8-16(15)22)21-24-20-17(23)9-5-10-18(20)28-21/h3-5,7-12H,6,13-14H2,1-2H3/b12-11+. The molecule has 3 aromatic rings. The van der Waals surface area contributed by atoms with E-state index in [1.54, 1.807) is 23.1 Å². The number of nitrogens with zero attached hydrogens (tertiary/aromatic N) is 3. The zero-order valence-corrected chi connectivity index (χ0v) is 17.3.